The molecule has 0 radical (unpaired) electrons. The van der Waals surface area contributed by atoms with Gasteiger partial charge in [0.2, 0.25) is 0 Å². The van der Waals surface area contributed by atoms with Crippen molar-refractivity contribution in [3.05, 3.63) is 17.6 Å². The number of carbonyl (C=O) groups is 1. The van der Waals surface area contributed by atoms with Crippen molar-refractivity contribution >= 4 is 11.8 Å². The van der Waals surface area contributed by atoms with Crippen molar-refractivity contribution in [1.29, 1.82) is 0 Å². The first-order chi connectivity index (χ1) is 9.02. The molecule has 0 bridgehead atoms. The number of aromatic nitrogens is 2. The third-order valence-electron chi connectivity index (χ3n) is 3.45. The summed E-state index contributed by atoms with van der Waals surface area (Å²) in [6, 6.07) is 0. The third kappa shape index (κ3) is 2.84. The molecule has 104 valence electrons. The van der Waals surface area contributed by atoms with Crippen LogP contribution in [0.4, 0.5) is 5.82 Å². The lowest BCUT2D eigenvalue weighted by Gasteiger charge is -2.35. The first-order valence-electron chi connectivity index (χ1n) is 6.38. The van der Waals surface area contributed by atoms with Gasteiger partial charge < -0.3 is 14.7 Å². The highest BCUT2D eigenvalue weighted by atomic mass is 16.5. The van der Waals surface area contributed by atoms with E-state index in [0.29, 0.717) is 36.7 Å². The zero-order chi connectivity index (χ0) is 14.0. The van der Waals surface area contributed by atoms with Crippen LogP contribution in [0.5, 0.6) is 0 Å². The van der Waals surface area contributed by atoms with Gasteiger partial charge in [-0.1, -0.05) is 6.92 Å². The minimum absolute atomic E-state index is 0.148. The average molecular weight is 265 g/mol. The summed E-state index contributed by atoms with van der Waals surface area (Å²) in [4.78, 5) is 22.2. The van der Waals surface area contributed by atoms with Gasteiger partial charge in [-0.2, -0.15) is 0 Å². The summed E-state index contributed by atoms with van der Waals surface area (Å²) in [5, 5.41) is 9.77. The highest BCUT2D eigenvalue weighted by Crippen LogP contribution is 2.25. The van der Waals surface area contributed by atoms with Gasteiger partial charge in [-0.25, -0.2) is 14.8 Å². The van der Waals surface area contributed by atoms with Gasteiger partial charge in [0.1, 0.15) is 17.2 Å². The lowest BCUT2D eigenvalue weighted by molar-refractivity contribution is 0.0599. The number of hydrogen-bond donors (Lipinski definition) is 1. The van der Waals surface area contributed by atoms with Gasteiger partial charge in [0.05, 0.1) is 13.2 Å². The fourth-order valence-electron chi connectivity index (χ4n) is 2.28. The van der Waals surface area contributed by atoms with E-state index in [4.69, 9.17) is 4.74 Å². The molecule has 19 heavy (non-hydrogen) atoms. The Morgan fingerprint density at radius 1 is 1.58 bits per heavy atom. The van der Waals surface area contributed by atoms with Gasteiger partial charge >= 0.3 is 5.97 Å². The SMILES string of the molecule is COC(=O)c1cnc(C)nc1N1CCC(O)C(C)C1. The maximum Gasteiger partial charge on any atom is 0.343 e. The van der Waals surface area contributed by atoms with Crippen LogP contribution in [0.15, 0.2) is 6.20 Å². The van der Waals surface area contributed by atoms with Crippen molar-refractivity contribution in [2.75, 3.05) is 25.1 Å². The Hall–Kier alpha value is -1.69. The maximum atomic E-state index is 11.8. The molecule has 2 rings (SSSR count). The first kappa shape index (κ1) is 13.7. The Labute approximate surface area is 112 Å². The molecule has 1 aliphatic heterocycles. The van der Waals surface area contributed by atoms with Gasteiger partial charge in [0, 0.05) is 19.3 Å². The van der Waals surface area contributed by atoms with E-state index >= 15 is 0 Å². The molecule has 2 atom stereocenters. The number of ether oxygens (including phenoxy) is 1. The van der Waals surface area contributed by atoms with Crippen molar-refractivity contribution < 1.29 is 14.6 Å². The van der Waals surface area contributed by atoms with Gasteiger partial charge in [-0.15, -0.1) is 0 Å². The van der Waals surface area contributed by atoms with Crippen LogP contribution in [0.25, 0.3) is 0 Å². The number of hydrogen-bond acceptors (Lipinski definition) is 6. The molecule has 0 saturated carbocycles. The summed E-state index contributed by atoms with van der Waals surface area (Å²) < 4.78 is 4.76. The molecule has 6 nitrogen and oxygen atoms in total. The van der Waals surface area contributed by atoms with Crippen molar-refractivity contribution in [1.82, 2.24) is 9.97 Å². The van der Waals surface area contributed by atoms with Crippen LogP contribution in [0.3, 0.4) is 0 Å². The minimum atomic E-state index is -0.436. The van der Waals surface area contributed by atoms with Gasteiger partial charge in [0.15, 0.2) is 0 Å². The van der Waals surface area contributed by atoms with E-state index in [1.54, 1.807) is 6.92 Å². The molecule has 1 fully saturated rings. The molecule has 1 aromatic rings. The topological polar surface area (TPSA) is 75.5 Å². The fourth-order valence-corrected chi connectivity index (χ4v) is 2.28. The molecule has 2 unspecified atom stereocenters. The molecular weight excluding hydrogens is 246 g/mol. The van der Waals surface area contributed by atoms with Crippen molar-refractivity contribution in [3.63, 3.8) is 0 Å². The Morgan fingerprint density at radius 3 is 2.95 bits per heavy atom. The maximum absolute atomic E-state index is 11.8. The van der Waals surface area contributed by atoms with Gasteiger partial charge in [-0.05, 0) is 19.3 Å². The second kappa shape index (κ2) is 5.52. The van der Waals surface area contributed by atoms with E-state index in [0.717, 1.165) is 0 Å². The fraction of sp³-hybridized carbons (Fsp3) is 0.615. The number of esters is 1. The highest BCUT2D eigenvalue weighted by molar-refractivity contribution is 5.94. The summed E-state index contributed by atoms with van der Waals surface area (Å²) in [6.07, 6.45) is 1.88. The third-order valence-corrected chi connectivity index (χ3v) is 3.45. The minimum Gasteiger partial charge on any atom is -0.465 e. The molecule has 0 spiro atoms. The van der Waals surface area contributed by atoms with E-state index in [1.807, 2.05) is 11.8 Å². The van der Waals surface area contributed by atoms with E-state index in [-0.39, 0.29) is 12.0 Å². The molecule has 2 heterocycles. The number of methoxy groups -OCH3 is 1. The predicted octanol–water partition coefficient (Wildman–Crippen LogP) is 0.779. The zero-order valence-electron chi connectivity index (χ0n) is 11.5. The summed E-state index contributed by atoms with van der Waals surface area (Å²) in [5.41, 5.74) is 0.372. The first-order valence-corrected chi connectivity index (χ1v) is 6.38. The second-order valence-electron chi connectivity index (χ2n) is 4.93. The molecule has 0 aromatic carbocycles. The van der Waals surface area contributed by atoms with Crippen LogP contribution >= 0.6 is 0 Å². The smallest absolute Gasteiger partial charge is 0.343 e. The number of nitrogens with zero attached hydrogens (tertiary/aromatic N) is 3. The average Bonchev–Trinajstić information content (AvgIpc) is 2.41. The standard InChI is InChI=1S/C13H19N3O3/c1-8-7-16(5-4-11(8)17)12-10(13(18)19-3)6-14-9(2)15-12/h6,8,11,17H,4-5,7H2,1-3H3. The Bertz CT molecular complexity index is 478. The number of aliphatic hydroxyl groups is 1. The van der Waals surface area contributed by atoms with Gasteiger partial charge in [-0.3, -0.25) is 0 Å². The number of aryl methyl sites for hydroxylation is 1. The lowest BCUT2D eigenvalue weighted by Crippen LogP contribution is -2.43. The largest absolute Gasteiger partial charge is 0.465 e. The molecule has 1 aliphatic rings. The number of anilines is 1. The zero-order valence-corrected chi connectivity index (χ0v) is 11.5. The molecule has 1 saturated heterocycles. The number of rotatable bonds is 2. The summed E-state index contributed by atoms with van der Waals surface area (Å²) in [6.45, 7) is 5.11. The summed E-state index contributed by atoms with van der Waals surface area (Å²) in [5.74, 6) is 0.919. The molecular formula is C13H19N3O3. The van der Waals surface area contributed by atoms with Crippen LogP contribution in [0.1, 0.15) is 29.5 Å². The van der Waals surface area contributed by atoms with Crippen LogP contribution < -0.4 is 4.90 Å². The quantitative estimate of drug-likeness (QED) is 0.796. The molecule has 6 heteroatoms. The van der Waals surface area contributed by atoms with E-state index < -0.39 is 5.97 Å². The van der Waals surface area contributed by atoms with Crippen LogP contribution in [0.2, 0.25) is 0 Å². The number of aliphatic hydroxyl groups excluding tert-OH is 1. The molecule has 0 aliphatic carbocycles. The molecule has 1 N–H and O–H groups in total. The summed E-state index contributed by atoms with van der Waals surface area (Å²) >= 11 is 0. The van der Waals surface area contributed by atoms with Crippen LogP contribution in [0, 0.1) is 12.8 Å². The summed E-state index contributed by atoms with van der Waals surface area (Å²) in [7, 11) is 1.34. The highest BCUT2D eigenvalue weighted by Gasteiger charge is 2.28. The van der Waals surface area contributed by atoms with Crippen molar-refractivity contribution in [2.24, 2.45) is 5.92 Å². The lowest BCUT2D eigenvalue weighted by atomic mass is 9.96. The second-order valence-corrected chi connectivity index (χ2v) is 4.93. The van der Waals surface area contributed by atoms with Crippen LogP contribution in [-0.2, 0) is 4.74 Å². The van der Waals surface area contributed by atoms with Gasteiger partial charge in [0.25, 0.3) is 0 Å². The Balaban J connectivity index is 2.32. The van der Waals surface area contributed by atoms with Crippen molar-refractivity contribution in [2.45, 2.75) is 26.4 Å². The van der Waals surface area contributed by atoms with Crippen molar-refractivity contribution in [3.8, 4) is 0 Å². The predicted molar refractivity (Wildman–Crippen MR) is 70.1 cm³/mol. The monoisotopic (exact) mass is 265 g/mol. The normalized spacial score (nSPS) is 23.3. The van der Waals surface area contributed by atoms with Crippen LogP contribution in [-0.4, -0.2) is 47.3 Å². The number of carbonyl (C=O) groups excluding carboxylic acids is 1. The Kier molecular flexibility index (Phi) is 3.99. The van der Waals surface area contributed by atoms with E-state index in [9.17, 15) is 9.90 Å². The Morgan fingerprint density at radius 2 is 2.32 bits per heavy atom. The van der Waals surface area contributed by atoms with E-state index in [2.05, 4.69) is 9.97 Å². The molecule has 1 aromatic heterocycles. The van der Waals surface area contributed by atoms with E-state index in [1.165, 1.54) is 13.3 Å². The molecule has 0 amide bonds. The number of piperidine rings is 1.